The molecule has 0 spiro atoms. The molecule has 6 aromatic rings. The van der Waals surface area contributed by atoms with Crippen molar-refractivity contribution in [2.24, 2.45) is 59.2 Å². The molecule has 0 aliphatic carbocycles. The zero-order valence-corrected chi connectivity index (χ0v) is 95.4. The van der Waals surface area contributed by atoms with Gasteiger partial charge in [-0.3, -0.25) is 51.4 Å². The van der Waals surface area contributed by atoms with Gasteiger partial charge in [0, 0.05) is 124 Å². The van der Waals surface area contributed by atoms with E-state index in [1.165, 1.54) is 7.11 Å². The van der Waals surface area contributed by atoms with Crippen LogP contribution < -0.4 is 27.1 Å². The van der Waals surface area contributed by atoms with Crippen molar-refractivity contribution in [3.05, 3.63) is 182 Å². The lowest BCUT2D eigenvalue weighted by atomic mass is 10.2. The van der Waals surface area contributed by atoms with Gasteiger partial charge in [0.2, 0.25) is 0 Å². The van der Waals surface area contributed by atoms with Crippen LogP contribution >= 0.6 is 44.2 Å². The van der Waals surface area contributed by atoms with Gasteiger partial charge in [0.05, 0.1) is 69.9 Å². The van der Waals surface area contributed by atoms with Crippen molar-refractivity contribution in [2.75, 3.05) is 104 Å². The van der Waals surface area contributed by atoms with E-state index in [4.69, 9.17) is 65.0 Å². The topological polar surface area (TPSA) is 334 Å². The number of carbonyl (C=O) groups is 6. The Morgan fingerprint density at radius 2 is 0.403 bits per heavy atom. The van der Waals surface area contributed by atoms with Crippen molar-refractivity contribution < 1.29 is 121 Å². The standard InChI is InChI=1S/C19H31O5P.3C18H29O4P.C17H27O5P.C17H27O4P/c1-15(12-23-18(20)16(2)13-22-6)14-25(21,19(3,4)5)24-17-10-8-7-9-11-17;3*1-14(2)17(19)21-12-15(3)13-23(20,18(4,5)6)22-16-10-8-7-9-11-16;1-14(11-21-16(18)12-20-5)13-23(19,17(2,3)4)22-15-9-7-6-8-10-15;1-6-16(18)20-12-14(2)13-22(19,17(3,4)5)21-15-10-8-7-9-11-15/h7-11,15-16H,12-14H2,1-6H3;3*7-11,14-15H,12-13H2,1-6H3;6-10,14H,11-13H2,1-5H3;7-11,14H,6,12-13H2,1-5H3/t15-,16?,25?;15-,23?;15-,23+;15-,23-;14-,23?;14-,22?/m000000/s1. The van der Waals surface area contributed by atoms with Crippen LogP contribution in [-0.4, -0.2) is 171 Å². The third-order valence-corrected chi connectivity index (χ3v) is 43.2. The lowest BCUT2D eigenvalue weighted by molar-refractivity contribution is -0.151. The summed E-state index contributed by atoms with van der Waals surface area (Å²) < 4.78 is 157. The van der Waals surface area contributed by atoms with Crippen molar-refractivity contribution in [2.45, 2.75) is 259 Å². The second-order valence-electron chi connectivity index (χ2n) is 42.7. The van der Waals surface area contributed by atoms with Crippen LogP contribution in [0.15, 0.2) is 182 Å². The zero-order valence-electron chi connectivity index (χ0n) is 90.0. The van der Waals surface area contributed by atoms with Gasteiger partial charge in [-0.2, -0.15) is 0 Å². The Morgan fingerprint density at radius 1 is 0.237 bits per heavy atom. The fourth-order valence-electron chi connectivity index (χ4n) is 12.0. The number of hydrogen-bond donors (Lipinski definition) is 0. The third-order valence-electron chi connectivity index (χ3n) is 21.3. The summed E-state index contributed by atoms with van der Waals surface area (Å²) in [5, 5.41) is -2.96. The third kappa shape index (κ3) is 49.4. The first-order chi connectivity index (χ1) is 64.1. The lowest BCUT2D eigenvalue weighted by Gasteiger charge is -2.33. The van der Waals surface area contributed by atoms with Crippen LogP contribution in [-0.2, 0) is 94.1 Å². The van der Waals surface area contributed by atoms with E-state index in [-0.39, 0.29) is 135 Å². The van der Waals surface area contributed by atoms with E-state index in [0.717, 1.165) is 0 Å². The zero-order chi connectivity index (χ0) is 106. The number of methoxy groups -OCH3 is 2. The molecule has 0 saturated heterocycles. The predicted octanol–water partition coefficient (Wildman–Crippen LogP) is 28.2. The van der Waals surface area contributed by atoms with Crippen molar-refractivity contribution in [1.29, 1.82) is 0 Å². The van der Waals surface area contributed by atoms with Crippen LogP contribution in [0.5, 0.6) is 34.5 Å². The summed E-state index contributed by atoms with van der Waals surface area (Å²) in [6, 6.07) is 55.2. The molecule has 0 fully saturated rings. The Labute approximate surface area is 834 Å². The molecular formula is C107H172O26P6. The lowest BCUT2D eigenvalue weighted by Crippen LogP contribution is -2.27. The summed E-state index contributed by atoms with van der Waals surface area (Å²) in [5.41, 5.74) is 0. The minimum Gasteiger partial charge on any atom is -0.465 e. The van der Waals surface area contributed by atoms with Gasteiger partial charge in [-0.05, 0) is 79.7 Å². The molecule has 13 atom stereocenters. The number of hydrogen-bond acceptors (Lipinski definition) is 26. The molecule has 0 aliphatic heterocycles. The summed E-state index contributed by atoms with van der Waals surface area (Å²) >= 11 is 0. The second kappa shape index (κ2) is 60.7. The van der Waals surface area contributed by atoms with E-state index < -0.39 is 81.1 Å². The summed E-state index contributed by atoms with van der Waals surface area (Å²) in [6.07, 6.45) is 2.53. The van der Waals surface area contributed by atoms with Gasteiger partial charge < -0.3 is 65.0 Å². The molecule has 32 heteroatoms. The number of esters is 6. The van der Waals surface area contributed by atoms with Gasteiger partial charge >= 0.3 is 35.8 Å². The number of benzene rings is 6. The first kappa shape index (κ1) is 129. The van der Waals surface area contributed by atoms with Crippen molar-refractivity contribution in [1.82, 2.24) is 0 Å². The minimum absolute atomic E-state index is 0.0238. The van der Waals surface area contributed by atoms with Crippen molar-refractivity contribution in [3.63, 3.8) is 0 Å². The molecule has 0 bridgehead atoms. The molecule has 0 aliphatic rings. The Morgan fingerprint density at radius 3 is 0.554 bits per heavy atom. The van der Waals surface area contributed by atoms with Gasteiger partial charge in [0.1, 0.15) is 41.1 Å². The minimum atomic E-state index is -2.99. The van der Waals surface area contributed by atoms with E-state index >= 15 is 0 Å². The fourth-order valence-corrected chi connectivity index (χ4v) is 25.7. The number of carbonyl (C=O) groups excluding carboxylic acids is 6. The van der Waals surface area contributed by atoms with Crippen LogP contribution in [0.4, 0.5) is 0 Å². The van der Waals surface area contributed by atoms with Crippen LogP contribution in [0.25, 0.3) is 0 Å². The van der Waals surface area contributed by atoms with Crippen LogP contribution in [0.1, 0.15) is 228 Å². The number of rotatable bonds is 45. The molecule has 139 heavy (non-hydrogen) atoms. The Balaban J connectivity index is 0.000000834. The van der Waals surface area contributed by atoms with Gasteiger partial charge in [0.15, 0.2) is 0 Å². The maximum Gasteiger partial charge on any atom is 0.332 e. The SMILES string of the molecule is CC(C)C(=O)OC[C@H](C)CP(=O)(Oc1ccccc1)C(C)(C)C.CC(C)C(=O)OC[C@H](C)C[P@@](=O)(Oc1ccccc1)C(C)(C)C.CC(C)C(=O)OC[C@H](C)C[P@](=O)(Oc1ccccc1)C(C)(C)C.CCC(=O)OC[C@H](C)CP(=O)(Oc1ccccc1)C(C)(C)C.COCC(=O)OC[C@H](C)CP(=O)(Oc1ccccc1)C(C)(C)C.COCC(C)C(=O)OC[C@H](C)CP(=O)(Oc1ccccc1)C(C)(C)C. The van der Waals surface area contributed by atoms with Crippen LogP contribution in [0, 0.1) is 59.2 Å². The van der Waals surface area contributed by atoms with Gasteiger partial charge in [0.25, 0.3) is 44.2 Å². The Kier molecular flexibility index (Phi) is 56.5. The van der Waals surface area contributed by atoms with Gasteiger partial charge in [-0.1, -0.05) is 324 Å². The maximum absolute atomic E-state index is 13.5. The van der Waals surface area contributed by atoms with Crippen LogP contribution in [0.3, 0.4) is 0 Å². The largest absolute Gasteiger partial charge is 0.465 e. The van der Waals surface area contributed by atoms with Crippen molar-refractivity contribution >= 4 is 80.0 Å². The highest BCUT2D eigenvalue weighted by molar-refractivity contribution is 7.62. The first-order valence-corrected chi connectivity index (χ1v) is 58.9. The van der Waals surface area contributed by atoms with Crippen molar-refractivity contribution in [3.8, 4) is 34.5 Å². The maximum atomic E-state index is 13.5. The Hall–Kier alpha value is -7.76. The average Bonchev–Trinajstić information content (AvgIpc) is 0.828. The molecule has 0 aromatic heterocycles. The molecule has 0 radical (unpaired) electrons. The molecule has 0 amide bonds. The monoisotopic (exact) mass is 2060 g/mol. The molecule has 26 nitrogen and oxygen atoms in total. The molecule has 0 heterocycles. The molecule has 6 aromatic carbocycles. The molecule has 0 saturated carbocycles. The average molecular weight is 2060 g/mol. The molecular weight excluding hydrogens is 1890 g/mol. The molecule has 6 rings (SSSR count). The summed E-state index contributed by atoms with van der Waals surface area (Å²) in [7, 11) is -14.8. The Bertz CT molecular complexity index is 4600. The van der Waals surface area contributed by atoms with E-state index in [9.17, 15) is 56.2 Å². The quantitative estimate of drug-likeness (QED) is 0.0195. The van der Waals surface area contributed by atoms with E-state index in [2.05, 4.69) is 0 Å². The highest BCUT2D eigenvalue weighted by Crippen LogP contribution is 2.64. The van der Waals surface area contributed by atoms with E-state index in [1.54, 1.807) is 98.9 Å². The smallest absolute Gasteiger partial charge is 0.332 e. The number of para-hydroxylation sites is 6. The summed E-state index contributed by atoms with van der Waals surface area (Å²) in [4.78, 5) is 69.2. The highest BCUT2D eigenvalue weighted by Gasteiger charge is 2.47. The van der Waals surface area contributed by atoms with E-state index in [1.807, 2.05) is 312 Å². The van der Waals surface area contributed by atoms with Crippen LogP contribution in [0.2, 0.25) is 0 Å². The molecule has 5 unspecified atom stereocenters. The molecule has 0 N–H and O–H groups in total. The first-order valence-electron chi connectivity index (χ1n) is 48.1. The predicted molar refractivity (Wildman–Crippen MR) is 564 cm³/mol. The second-order valence-corrected chi connectivity index (χ2v) is 62.1. The summed E-state index contributed by atoms with van der Waals surface area (Å²) in [5.74, 6) is 0.908. The normalized spacial score (nSPS) is 15.9. The van der Waals surface area contributed by atoms with Gasteiger partial charge in [-0.25, -0.2) is 4.79 Å². The number of ether oxygens (including phenoxy) is 8. The summed E-state index contributed by atoms with van der Waals surface area (Å²) in [6.45, 7) is 62.0. The van der Waals surface area contributed by atoms with Gasteiger partial charge in [-0.15, -0.1) is 0 Å². The fraction of sp³-hybridized carbons (Fsp3) is 0.607. The highest BCUT2D eigenvalue weighted by atomic mass is 31.2. The molecule has 786 valence electrons. The van der Waals surface area contributed by atoms with E-state index in [0.29, 0.717) is 84.5 Å².